The maximum Gasteiger partial charge on any atom is 0.410 e. The standard InChI is InChI=1S/C14H18N2O2.ClH/c17-13(18-9-12-5-2-1-3-6-12)16-8-4-7-14(16)10-15-11-14;/h1-3,5-6,15H,4,7-11H2;1H. The van der Waals surface area contributed by atoms with Crippen LogP contribution in [-0.2, 0) is 11.3 Å². The summed E-state index contributed by atoms with van der Waals surface area (Å²) >= 11 is 0. The van der Waals surface area contributed by atoms with Crippen LogP contribution in [0, 0.1) is 0 Å². The van der Waals surface area contributed by atoms with Crippen LogP contribution in [0.1, 0.15) is 18.4 Å². The Bertz CT molecular complexity index is 434. The number of carbonyl (C=O) groups excluding carboxylic acids is 1. The predicted molar refractivity (Wildman–Crippen MR) is 75.4 cm³/mol. The lowest BCUT2D eigenvalue weighted by atomic mass is 9.90. The highest BCUT2D eigenvalue weighted by Crippen LogP contribution is 2.33. The van der Waals surface area contributed by atoms with Crippen LogP contribution >= 0.6 is 12.4 Å². The first-order valence-electron chi connectivity index (χ1n) is 6.49. The molecule has 0 aliphatic carbocycles. The van der Waals surface area contributed by atoms with Gasteiger partial charge in [-0.15, -0.1) is 12.4 Å². The van der Waals surface area contributed by atoms with E-state index in [0.717, 1.165) is 38.0 Å². The average Bonchev–Trinajstić information content (AvgIpc) is 2.82. The van der Waals surface area contributed by atoms with Gasteiger partial charge in [0.2, 0.25) is 0 Å². The predicted octanol–water partition coefficient (Wildman–Crippen LogP) is 2.18. The molecule has 19 heavy (non-hydrogen) atoms. The van der Waals surface area contributed by atoms with Gasteiger partial charge in [-0.1, -0.05) is 30.3 Å². The Labute approximate surface area is 119 Å². The van der Waals surface area contributed by atoms with E-state index in [-0.39, 0.29) is 24.0 Å². The van der Waals surface area contributed by atoms with Crippen LogP contribution in [0.4, 0.5) is 4.79 Å². The second-order valence-corrected chi connectivity index (χ2v) is 5.12. The van der Waals surface area contributed by atoms with Crippen molar-refractivity contribution in [1.82, 2.24) is 10.2 Å². The van der Waals surface area contributed by atoms with E-state index in [0.29, 0.717) is 6.61 Å². The van der Waals surface area contributed by atoms with Gasteiger partial charge in [0, 0.05) is 19.6 Å². The van der Waals surface area contributed by atoms with E-state index in [1.807, 2.05) is 35.2 Å². The number of hydrogen-bond acceptors (Lipinski definition) is 3. The van der Waals surface area contributed by atoms with Gasteiger partial charge in [-0.25, -0.2) is 4.79 Å². The number of ether oxygens (including phenoxy) is 1. The highest BCUT2D eigenvalue weighted by Gasteiger charge is 2.48. The van der Waals surface area contributed by atoms with E-state index in [1.165, 1.54) is 0 Å². The molecule has 0 unspecified atom stereocenters. The van der Waals surface area contributed by atoms with Crippen molar-refractivity contribution in [2.24, 2.45) is 0 Å². The first kappa shape index (κ1) is 14.2. The minimum atomic E-state index is -0.169. The largest absolute Gasteiger partial charge is 0.445 e. The molecule has 3 rings (SSSR count). The molecule has 1 spiro atoms. The smallest absolute Gasteiger partial charge is 0.410 e. The highest BCUT2D eigenvalue weighted by atomic mass is 35.5. The van der Waals surface area contributed by atoms with Crippen molar-refractivity contribution in [2.45, 2.75) is 25.0 Å². The Morgan fingerprint density at radius 2 is 2.05 bits per heavy atom. The Morgan fingerprint density at radius 3 is 2.68 bits per heavy atom. The van der Waals surface area contributed by atoms with E-state index >= 15 is 0 Å². The Hall–Kier alpha value is -1.26. The Balaban J connectivity index is 0.00000133. The lowest BCUT2D eigenvalue weighted by Gasteiger charge is -2.45. The van der Waals surface area contributed by atoms with Gasteiger partial charge < -0.3 is 10.1 Å². The summed E-state index contributed by atoms with van der Waals surface area (Å²) in [6.45, 7) is 3.01. The fraction of sp³-hybridized carbons (Fsp3) is 0.500. The fourth-order valence-electron chi connectivity index (χ4n) is 2.80. The maximum absolute atomic E-state index is 12.1. The summed E-state index contributed by atoms with van der Waals surface area (Å²) in [7, 11) is 0. The summed E-state index contributed by atoms with van der Waals surface area (Å²) < 4.78 is 5.40. The molecule has 5 heteroatoms. The van der Waals surface area contributed by atoms with Crippen LogP contribution in [0.5, 0.6) is 0 Å². The lowest BCUT2D eigenvalue weighted by molar-refractivity contribution is 0.0429. The summed E-state index contributed by atoms with van der Waals surface area (Å²) in [5.41, 5.74) is 1.08. The molecule has 0 bridgehead atoms. The number of benzene rings is 1. The molecule has 1 aromatic rings. The molecule has 2 aliphatic rings. The molecule has 2 aliphatic heterocycles. The molecular formula is C14H19ClN2O2. The van der Waals surface area contributed by atoms with Crippen molar-refractivity contribution in [2.75, 3.05) is 19.6 Å². The SMILES string of the molecule is Cl.O=C(OCc1ccccc1)N1CCCC12CNC2. The van der Waals surface area contributed by atoms with E-state index in [9.17, 15) is 4.79 Å². The number of nitrogens with one attached hydrogen (secondary N) is 1. The molecule has 0 aromatic heterocycles. The molecule has 2 heterocycles. The zero-order valence-corrected chi connectivity index (χ0v) is 11.6. The molecule has 1 N–H and O–H groups in total. The number of rotatable bonds is 2. The number of carbonyl (C=O) groups is 1. The summed E-state index contributed by atoms with van der Waals surface area (Å²) in [4.78, 5) is 14.0. The Kier molecular flexibility index (Phi) is 4.32. The second-order valence-electron chi connectivity index (χ2n) is 5.12. The minimum Gasteiger partial charge on any atom is -0.445 e. The zero-order chi connectivity index (χ0) is 12.4. The van der Waals surface area contributed by atoms with Crippen molar-refractivity contribution in [3.8, 4) is 0 Å². The van der Waals surface area contributed by atoms with Crippen molar-refractivity contribution in [3.63, 3.8) is 0 Å². The van der Waals surface area contributed by atoms with Gasteiger partial charge in [0.1, 0.15) is 6.61 Å². The van der Waals surface area contributed by atoms with Gasteiger partial charge in [-0.05, 0) is 18.4 Å². The molecule has 104 valence electrons. The van der Waals surface area contributed by atoms with Gasteiger partial charge in [-0.3, -0.25) is 4.90 Å². The molecule has 2 saturated heterocycles. The number of amides is 1. The summed E-state index contributed by atoms with van der Waals surface area (Å²) in [6.07, 6.45) is 2.01. The van der Waals surface area contributed by atoms with Crippen LogP contribution in [0.2, 0.25) is 0 Å². The minimum absolute atomic E-state index is 0. The average molecular weight is 283 g/mol. The van der Waals surface area contributed by atoms with Crippen molar-refractivity contribution >= 4 is 18.5 Å². The van der Waals surface area contributed by atoms with Gasteiger partial charge >= 0.3 is 6.09 Å². The molecule has 1 amide bonds. The van der Waals surface area contributed by atoms with E-state index < -0.39 is 0 Å². The van der Waals surface area contributed by atoms with E-state index in [1.54, 1.807) is 0 Å². The van der Waals surface area contributed by atoms with Crippen molar-refractivity contribution in [3.05, 3.63) is 35.9 Å². The molecule has 0 radical (unpaired) electrons. The summed E-state index contributed by atoms with van der Waals surface area (Å²) in [6, 6.07) is 9.81. The van der Waals surface area contributed by atoms with Gasteiger partial charge in [0.15, 0.2) is 0 Å². The molecular weight excluding hydrogens is 264 g/mol. The number of hydrogen-bond donors (Lipinski definition) is 1. The summed E-state index contributed by atoms with van der Waals surface area (Å²) in [5.74, 6) is 0. The third kappa shape index (κ3) is 2.69. The number of nitrogens with zero attached hydrogens (tertiary/aromatic N) is 1. The van der Waals surface area contributed by atoms with Crippen LogP contribution < -0.4 is 5.32 Å². The van der Waals surface area contributed by atoms with Crippen molar-refractivity contribution < 1.29 is 9.53 Å². The van der Waals surface area contributed by atoms with Crippen LogP contribution in [0.25, 0.3) is 0 Å². The third-order valence-corrected chi connectivity index (χ3v) is 3.93. The van der Waals surface area contributed by atoms with Gasteiger partial charge in [0.05, 0.1) is 5.54 Å². The van der Waals surface area contributed by atoms with Crippen LogP contribution in [0.15, 0.2) is 30.3 Å². The quantitative estimate of drug-likeness (QED) is 0.904. The third-order valence-electron chi connectivity index (χ3n) is 3.93. The first-order chi connectivity index (χ1) is 8.80. The maximum atomic E-state index is 12.1. The molecule has 4 nitrogen and oxygen atoms in total. The zero-order valence-electron chi connectivity index (χ0n) is 10.8. The van der Waals surface area contributed by atoms with E-state index in [4.69, 9.17) is 4.74 Å². The lowest BCUT2D eigenvalue weighted by Crippen LogP contribution is -2.67. The molecule has 2 fully saturated rings. The summed E-state index contributed by atoms with van der Waals surface area (Å²) in [5, 5.41) is 3.25. The van der Waals surface area contributed by atoms with E-state index in [2.05, 4.69) is 5.32 Å². The normalized spacial score (nSPS) is 19.7. The molecule has 0 atom stereocenters. The number of halogens is 1. The Morgan fingerprint density at radius 1 is 1.32 bits per heavy atom. The molecule has 1 aromatic carbocycles. The van der Waals surface area contributed by atoms with Crippen LogP contribution in [0.3, 0.4) is 0 Å². The molecule has 0 saturated carbocycles. The first-order valence-corrected chi connectivity index (χ1v) is 6.49. The van der Waals surface area contributed by atoms with Gasteiger partial charge in [-0.2, -0.15) is 0 Å². The topological polar surface area (TPSA) is 41.6 Å². The van der Waals surface area contributed by atoms with Crippen LogP contribution in [-0.4, -0.2) is 36.2 Å². The monoisotopic (exact) mass is 282 g/mol. The van der Waals surface area contributed by atoms with Gasteiger partial charge in [0.25, 0.3) is 0 Å². The van der Waals surface area contributed by atoms with Crippen molar-refractivity contribution in [1.29, 1.82) is 0 Å². The second kappa shape index (κ2) is 5.80. The number of likely N-dealkylation sites (tertiary alicyclic amines) is 1. The fourth-order valence-corrected chi connectivity index (χ4v) is 2.80. The highest BCUT2D eigenvalue weighted by molar-refractivity contribution is 5.85.